The number of carbonyl (C=O) groups excluding carboxylic acids is 1. The van der Waals surface area contributed by atoms with Crippen LogP contribution in [0.3, 0.4) is 0 Å². The third-order valence-corrected chi connectivity index (χ3v) is 3.23. The van der Waals surface area contributed by atoms with Crippen molar-refractivity contribution in [1.82, 2.24) is 5.32 Å². The van der Waals surface area contributed by atoms with Crippen LogP contribution >= 0.6 is 0 Å². The van der Waals surface area contributed by atoms with E-state index < -0.39 is 18.1 Å². The van der Waals surface area contributed by atoms with E-state index in [0.29, 0.717) is 12.5 Å². The molecular weight excluding hydrogens is 275 g/mol. The lowest BCUT2D eigenvalue weighted by atomic mass is 9.98. The van der Waals surface area contributed by atoms with Crippen LogP contribution in [0.15, 0.2) is 0 Å². The number of hydrogen-bond donors (Lipinski definition) is 1. The molecule has 0 aliphatic heterocycles. The third kappa shape index (κ3) is 6.56. The Bertz CT molecular complexity index is 318. The van der Waals surface area contributed by atoms with Crippen molar-refractivity contribution in [3.05, 3.63) is 0 Å². The highest BCUT2D eigenvalue weighted by Gasteiger charge is 2.39. The molecule has 0 spiro atoms. The second-order valence-corrected chi connectivity index (χ2v) is 5.32. The molecule has 1 N–H and O–H groups in total. The molecule has 0 aromatic rings. The van der Waals surface area contributed by atoms with E-state index in [2.05, 4.69) is 5.32 Å². The summed E-state index contributed by atoms with van der Waals surface area (Å²) < 4.78 is 45.7. The zero-order valence-electron chi connectivity index (χ0n) is 11.9. The number of halogens is 3. The molecule has 0 bridgehead atoms. The fourth-order valence-electron chi connectivity index (χ4n) is 1.89. The van der Waals surface area contributed by atoms with Crippen LogP contribution in [0.5, 0.6) is 0 Å². The molecule has 4 nitrogen and oxygen atoms in total. The molecule has 1 fully saturated rings. The summed E-state index contributed by atoms with van der Waals surface area (Å²) in [5.74, 6) is -0.372. The zero-order valence-corrected chi connectivity index (χ0v) is 11.9. The van der Waals surface area contributed by atoms with Crippen molar-refractivity contribution < 1.29 is 27.4 Å². The van der Waals surface area contributed by atoms with Crippen molar-refractivity contribution in [3.8, 4) is 0 Å². The van der Waals surface area contributed by atoms with Crippen LogP contribution < -0.4 is 5.32 Å². The van der Waals surface area contributed by atoms with Gasteiger partial charge in [-0.2, -0.15) is 13.2 Å². The predicted molar refractivity (Wildman–Crippen MR) is 67.3 cm³/mol. The predicted octanol–water partition coefficient (Wildman–Crippen LogP) is 2.42. The molecule has 0 amide bonds. The highest BCUT2D eigenvalue weighted by atomic mass is 19.4. The van der Waals surface area contributed by atoms with Crippen LogP contribution in [-0.2, 0) is 14.3 Å². The normalized spacial score (nSPS) is 18.6. The quantitative estimate of drug-likeness (QED) is 0.524. The number of hydrogen-bond acceptors (Lipinski definition) is 4. The lowest BCUT2D eigenvalue weighted by Gasteiger charge is -2.28. The minimum atomic E-state index is -4.14. The van der Waals surface area contributed by atoms with E-state index in [-0.39, 0.29) is 25.6 Å². The fraction of sp³-hybridized carbons (Fsp3) is 0.923. The first-order valence-corrected chi connectivity index (χ1v) is 6.77. The number of alkyl halides is 3. The van der Waals surface area contributed by atoms with Crippen LogP contribution in [-0.4, -0.2) is 44.0 Å². The topological polar surface area (TPSA) is 47.6 Å². The van der Waals surface area contributed by atoms with Gasteiger partial charge in [-0.1, -0.05) is 0 Å². The first-order valence-electron chi connectivity index (χ1n) is 6.77. The van der Waals surface area contributed by atoms with E-state index in [4.69, 9.17) is 9.47 Å². The first kappa shape index (κ1) is 17.2. The number of methoxy groups -OCH3 is 1. The van der Waals surface area contributed by atoms with E-state index in [1.807, 2.05) is 0 Å². The summed E-state index contributed by atoms with van der Waals surface area (Å²) in [6, 6.07) is 0.323. The average molecular weight is 297 g/mol. The lowest BCUT2D eigenvalue weighted by molar-refractivity contribution is -0.149. The Labute approximate surface area is 117 Å². The van der Waals surface area contributed by atoms with Gasteiger partial charge in [-0.15, -0.1) is 0 Å². The number of rotatable bonds is 9. The van der Waals surface area contributed by atoms with Crippen molar-refractivity contribution in [2.45, 2.75) is 56.8 Å². The molecule has 0 aromatic carbocycles. The van der Waals surface area contributed by atoms with Gasteiger partial charge < -0.3 is 9.47 Å². The maximum Gasteiger partial charge on any atom is 0.389 e. The highest BCUT2D eigenvalue weighted by molar-refractivity contribution is 5.80. The van der Waals surface area contributed by atoms with Crippen LogP contribution in [0.2, 0.25) is 0 Å². The summed E-state index contributed by atoms with van der Waals surface area (Å²) in [6.07, 6.45) is -2.62. The van der Waals surface area contributed by atoms with Gasteiger partial charge in [0.25, 0.3) is 0 Å². The van der Waals surface area contributed by atoms with Gasteiger partial charge in [-0.25, -0.2) is 0 Å². The van der Waals surface area contributed by atoms with Crippen LogP contribution in [0.1, 0.15) is 39.0 Å². The minimum Gasteiger partial charge on any atom is -0.468 e. The largest absolute Gasteiger partial charge is 0.468 e. The van der Waals surface area contributed by atoms with Crippen molar-refractivity contribution in [3.63, 3.8) is 0 Å². The molecule has 0 radical (unpaired) electrons. The maximum atomic E-state index is 11.9. The van der Waals surface area contributed by atoms with Gasteiger partial charge in [0.2, 0.25) is 0 Å². The Balaban J connectivity index is 2.23. The second-order valence-electron chi connectivity index (χ2n) is 5.32. The van der Waals surface area contributed by atoms with Crippen LogP contribution in [0.4, 0.5) is 13.2 Å². The summed E-state index contributed by atoms with van der Waals surface area (Å²) in [5, 5.41) is 3.20. The Kier molecular flexibility index (Phi) is 6.26. The molecule has 118 valence electrons. The molecule has 0 aromatic heterocycles. The summed E-state index contributed by atoms with van der Waals surface area (Å²) >= 11 is 0. The Hall–Kier alpha value is -0.820. The van der Waals surface area contributed by atoms with Gasteiger partial charge in [0.1, 0.15) is 5.54 Å². The first-order chi connectivity index (χ1) is 9.27. The smallest absolute Gasteiger partial charge is 0.389 e. The summed E-state index contributed by atoms with van der Waals surface area (Å²) in [7, 11) is 1.32. The van der Waals surface area contributed by atoms with E-state index in [0.717, 1.165) is 12.8 Å². The molecule has 1 aliphatic rings. The van der Waals surface area contributed by atoms with Gasteiger partial charge in [-0.05, 0) is 32.6 Å². The van der Waals surface area contributed by atoms with Crippen molar-refractivity contribution in [1.29, 1.82) is 0 Å². The zero-order chi connectivity index (χ0) is 15.2. The number of esters is 1. The Morgan fingerprint density at radius 1 is 1.25 bits per heavy atom. The standard InChI is InChI=1S/C13H22F3NO3/c1-12(11(18)19-2,17-10-4-5-10)7-9-20-8-3-6-13(14,15)16/h10,17H,3-9H2,1-2H3. The average Bonchev–Trinajstić information content (AvgIpc) is 3.15. The molecule has 0 heterocycles. The molecule has 1 rings (SSSR count). The number of carbonyl (C=O) groups is 1. The summed E-state index contributed by atoms with van der Waals surface area (Å²) in [5.41, 5.74) is -0.833. The molecule has 0 saturated heterocycles. The molecule has 1 atom stereocenters. The van der Waals surface area contributed by atoms with E-state index in [1.54, 1.807) is 6.92 Å². The van der Waals surface area contributed by atoms with Gasteiger partial charge >= 0.3 is 12.1 Å². The highest BCUT2D eigenvalue weighted by Crippen LogP contribution is 2.25. The third-order valence-electron chi connectivity index (χ3n) is 3.23. The molecule has 1 aliphatic carbocycles. The lowest BCUT2D eigenvalue weighted by Crippen LogP contribution is -2.52. The molecule has 7 heteroatoms. The van der Waals surface area contributed by atoms with Gasteiger partial charge in [0.15, 0.2) is 0 Å². The van der Waals surface area contributed by atoms with Gasteiger partial charge in [0, 0.05) is 25.7 Å². The Morgan fingerprint density at radius 3 is 2.40 bits per heavy atom. The molecular formula is C13H22F3NO3. The number of nitrogens with one attached hydrogen (secondary N) is 1. The minimum absolute atomic E-state index is 0.0419. The van der Waals surface area contributed by atoms with Crippen molar-refractivity contribution >= 4 is 5.97 Å². The number of ether oxygens (including phenoxy) is 2. The molecule has 1 unspecified atom stereocenters. The molecule has 1 saturated carbocycles. The molecule has 20 heavy (non-hydrogen) atoms. The van der Waals surface area contributed by atoms with E-state index >= 15 is 0 Å². The monoisotopic (exact) mass is 297 g/mol. The van der Waals surface area contributed by atoms with Gasteiger partial charge in [-0.3, -0.25) is 10.1 Å². The summed E-state index contributed by atoms with van der Waals surface area (Å²) in [6.45, 7) is 2.00. The maximum absolute atomic E-state index is 11.9. The van der Waals surface area contributed by atoms with Gasteiger partial charge in [0.05, 0.1) is 7.11 Å². The Morgan fingerprint density at radius 2 is 1.90 bits per heavy atom. The summed E-state index contributed by atoms with van der Waals surface area (Å²) in [4.78, 5) is 11.8. The van der Waals surface area contributed by atoms with Crippen molar-refractivity contribution in [2.75, 3.05) is 20.3 Å². The van der Waals surface area contributed by atoms with E-state index in [1.165, 1.54) is 7.11 Å². The fourth-order valence-corrected chi connectivity index (χ4v) is 1.89. The SMILES string of the molecule is COC(=O)C(C)(CCOCCCC(F)(F)F)NC1CC1. The van der Waals surface area contributed by atoms with Crippen LogP contribution in [0, 0.1) is 0 Å². The van der Waals surface area contributed by atoms with E-state index in [9.17, 15) is 18.0 Å². The van der Waals surface area contributed by atoms with Crippen LogP contribution in [0.25, 0.3) is 0 Å². The van der Waals surface area contributed by atoms with Crippen molar-refractivity contribution in [2.24, 2.45) is 0 Å². The second kappa shape index (κ2) is 7.26.